The van der Waals surface area contributed by atoms with E-state index in [-0.39, 0.29) is 5.82 Å². The van der Waals surface area contributed by atoms with Gasteiger partial charge in [0.1, 0.15) is 5.82 Å². The molecular formula is C20H26FN3. The van der Waals surface area contributed by atoms with Crippen molar-refractivity contribution in [3.8, 4) is 0 Å². The van der Waals surface area contributed by atoms with Gasteiger partial charge in [-0.05, 0) is 55.8 Å². The highest BCUT2D eigenvalue weighted by molar-refractivity contribution is 5.55. The van der Waals surface area contributed by atoms with Crippen molar-refractivity contribution in [3.05, 3.63) is 59.9 Å². The summed E-state index contributed by atoms with van der Waals surface area (Å²) in [7, 11) is 0. The second-order valence-electron chi connectivity index (χ2n) is 6.65. The lowest BCUT2D eigenvalue weighted by molar-refractivity contribution is 0.209. The third-order valence-electron chi connectivity index (χ3n) is 4.66. The molecule has 0 spiro atoms. The zero-order valence-corrected chi connectivity index (χ0v) is 14.5. The molecular weight excluding hydrogens is 301 g/mol. The second-order valence-corrected chi connectivity index (χ2v) is 6.65. The molecule has 1 heterocycles. The van der Waals surface area contributed by atoms with E-state index in [0.29, 0.717) is 12.6 Å². The Morgan fingerprint density at radius 2 is 1.71 bits per heavy atom. The van der Waals surface area contributed by atoms with Crippen LogP contribution in [0, 0.1) is 5.82 Å². The number of hydrogen-bond donors (Lipinski definition) is 1. The lowest BCUT2D eigenvalue weighted by Crippen LogP contribution is -2.48. The van der Waals surface area contributed by atoms with Crippen LogP contribution in [-0.4, -0.2) is 37.1 Å². The fourth-order valence-corrected chi connectivity index (χ4v) is 3.14. The second kappa shape index (κ2) is 7.67. The first kappa shape index (κ1) is 16.8. The van der Waals surface area contributed by atoms with E-state index in [4.69, 9.17) is 0 Å². The van der Waals surface area contributed by atoms with Crippen molar-refractivity contribution in [1.29, 1.82) is 0 Å². The van der Waals surface area contributed by atoms with Gasteiger partial charge in [0.2, 0.25) is 0 Å². The number of rotatable bonds is 5. The normalized spacial score (nSPS) is 15.8. The van der Waals surface area contributed by atoms with E-state index in [1.165, 1.54) is 11.8 Å². The maximum atomic E-state index is 13.2. The minimum atomic E-state index is -0.190. The van der Waals surface area contributed by atoms with Crippen LogP contribution in [0.25, 0.3) is 0 Å². The van der Waals surface area contributed by atoms with E-state index in [2.05, 4.69) is 53.2 Å². The summed E-state index contributed by atoms with van der Waals surface area (Å²) >= 11 is 0. The third-order valence-corrected chi connectivity index (χ3v) is 4.66. The summed E-state index contributed by atoms with van der Waals surface area (Å²) in [5.41, 5.74) is 3.28. The van der Waals surface area contributed by atoms with Crippen molar-refractivity contribution in [3.63, 3.8) is 0 Å². The van der Waals surface area contributed by atoms with Gasteiger partial charge in [0.05, 0.1) is 0 Å². The quantitative estimate of drug-likeness (QED) is 0.896. The number of benzene rings is 2. The van der Waals surface area contributed by atoms with E-state index >= 15 is 0 Å². The summed E-state index contributed by atoms with van der Waals surface area (Å²) in [6.07, 6.45) is 0. The predicted molar refractivity (Wildman–Crippen MR) is 99.1 cm³/mol. The number of halogens is 1. The lowest BCUT2D eigenvalue weighted by Gasteiger charge is -2.38. The number of piperazine rings is 1. The molecule has 2 aromatic rings. The van der Waals surface area contributed by atoms with Gasteiger partial charge < -0.3 is 10.2 Å². The molecule has 0 unspecified atom stereocenters. The van der Waals surface area contributed by atoms with Crippen molar-refractivity contribution in [2.24, 2.45) is 0 Å². The smallest absolute Gasteiger partial charge is 0.123 e. The molecule has 3 rings (SSSR count). The summed E-state index contributed by atoms with van der Waals surface area (Å²) in [6.45, 7) is 9.55. The van der Waals surface area contributed by atoms with Crippen LogP contribution in [0.2, 0.25) is 0 Å². The van der Waals surface area contributed by atoms with Crippen molar-refractivity contribution in [1.82, 2.24) is 4.90 Å². The number of hydrogen-bond acceptors (Lipinski definition) is 3. The van der Waals surface area contributed by atoms with Gasteiger partial charge in [0.25, 0.3) is 0 Å². The van der Waals surface area contributed by atoms with Crippen LogP contribution in [0.4, 0.5) is 15.8 Å². The van der Waals surface area contributed by atoms with Crippen LogP contribution < -0.4 is 10.2 Å². The Hall–Kier alpha value is -2.07. The molecule has 24 heavy (non-hydrogen) atoms. The molecule has 0 amide bonds. The van der Waals surface area contributed by atoms with Crippen LogP contribution in [0.1, 0.15) is 19.4 Å². The van der Waals surface area contributed by atoms with Gasteiger partial charge in [0, 0.05) is 50.1 Å². The molecule has 0 atom stereocenters. The molecule has 0 aromatic heterocycles. The summed E-state index contributed by atoms with van der Waals surface area (Å²) < 4.78 is 13.2. The Morgan fingerprint density at radius 1 is 1.00 bits per heavy atom. The number of nitrogens with zero attached hydrogens (tertiary/aromatic N) is 2. The molecule has 1 N–H and O–H groups in total. The van der Waals surface area contributed by atoms with E-state index in [1.54, 1.807) is 12.1 Å². The highest BCUT2D eigenvalue weighted by Gasteiger charge is 2.18. The van der Waals surface area contributed by atoms with Gasteiger partial charge in [0.15, 0.2) is 0 Å². The Kier molecular flexibility index (Phi) is 5.36. The molecule has 0 saturated carbocycles. The molecule has 1 fully saturated rings. The van der Waals surface area contributed by atoms with Crippen molar-refractivity contribution >= 4 is 11.4 Å². The minimum Gasteiger partial charge on any atom is -0.381 e. The zero-order valence-electron chi connectivity index (χ0n) is 14.5. The lowest BCUT2D eigenvalue weighted by atomic mass is 10.2. The molecule has 0 radical (unpaired) electrons. The van der Waals surface area contributed by atoms with Gasteiger partial charge in [-0.2, -0.15) is 0 Å². The molecule has 3 nitrogen and oxygen atoms in total. The summed E-state index contributed by atoms with van der Waals surface area (Å²) in [5, 5.41) is 3.35. The maximum absolute atomic E-state index is 13.2. The molecule has 1 aliphatic heterocycles. The van der Waals surface area contributed by atoms with E-state index in [1.807, 2.05) is 6.07 Å². The summed E-state index contributed by atoms with van der Waals surface area (Å²) in [6, 6.07) is 15.9. The van der Waals surface area contributed by atoms with Crippen molar-refractivity contribution < 1.29 is 4.39 Å². The van der Waals surface area contributed by atoms with Crippen LogP contribution in [0.15, 0.2) is 48.5 Å². The molecule has 0 aliphatic carbocycles. The molecule has 0 bridgehead atoms. The van der Waals surface area contributed by atoms with Gasteiger partial charge in [-0.1, -0.05) is 12.1 Å². The van der Waals surface area contributed by atoms with E-state index in [0.717, 1.165) is 37.4 Å². The fraction of sp³-hybridized carbons (Fsp3) is 0.400. The first-order chi connectivity index (χ1) is 11.6. The van der Waals surface area contributed by atoms with Gasteiger partial charge in [-0.15, -0.1) is 0 Å². The van der Waals surface area contributed by atoms with Crippen molar-refractivity contribution in [2.75, 3.05) is 36.4 Å². The SMILES string of the molecule is CC(C)N1CCN(c2ccc(NCc3cccc(F)c3)cc2)CC1. The molecule has 1 aliphatic rings. The minimum absolute atomic E-state index is 0.190. The largest absolute Gasteiger partial charge is 0.381 e. The molecule has 1 saturated heterocycles. The molecule has 128 valence electrons. The van der Waals surface area contributed by atoms with Crippen LogP contribution >= 0.6 is 0 Å². The Labute approximate surface area is 144 Å². The summed E-state index contributed by atoms with van der Waals surface area (Å²) in [4.78, 5) is 4.96. The van der Waals surface area contributed by atoms with E-state index < -0.39 is 0 Å². The standard InChI is InChI=1S/C20H26FN3/c1-16(2)23-10-12-24(13-11-23)20-8-6-19(7-9-20)22-15-17-4-3-5-18(21)14-17/h3-9,14,16,22H,10-13,15H2,1-2H3. The van der Waals surface area contributed by atoms with Gasteiger partial charge in [-0.25, -0.2) is 4.39 Å². The monoisotopic (exact) mass is 327 g/mol. The highest BCUT2D eigenvalue weighted by Crippen LogP contribution is 2.20. The Balaban J connectivity index is 1.54. The fourth-order valence-electron chi connectivity index (χ4n) is 3.14. The first-order valence-corrected chi connectivity index (χ1v) is 8.69. The predicted octanol–water partition coefficient (Wildman–Crippen LogP) is 3.97. The van der Waals surface area contributed by atoms with Crippen LogP contribution in [0.5, 0.6) is 0 Å². The Bertz CT molecular complexity index is 646. The first-order valence-electron chi connectivity index (χ1n) is 8.69. The average Bonchev–Trinajstić information content (AvgIpc) is 2.61. The van der Waals surface area contributed by atoms with Gasteiger partial charge >= 0.3 is 0 Å². The molecule has 2 aromatic carbocycles. The van der Waals surface area contributed by atoms with Crippen LogP contribution in [-0.2, 0) is 6.54 Å². The number of nitrogens with one attached hydrogen (secondary N) is 1. The van der Waals surface area contributed by atoms with Crippen molar-refractivity contribution in [2.45, 2.75) is 26.4 Å². The average molecular weight is 327 g/mol. The number of anilines is 2. The topological polar surface area (TPSA) is 18.5 Å². The highest BCUT2D eigenvalue weighted by atomic mass is 19.1. The van der Waals surface area contributed by atoms with Crippen LogP contribution in [0.3, 0.4) is 0 Å². The Morgan fingerprint density at radius 3 is 2.33 bits per heavy atom. The molecule has 4 heteroatoms. The van der Waals surface area contributed by atoms with Gasteiger partial charge in [-0.3, -0.25) is 4.90 Å². The summed E-state index contributed by atoms with van der Waals surface area (Å²) in [5.74, 6) is -0.190. The maximum Gasteiger partial charge on any atom is 0.123 e. The third kappa shape index (κ3) is 4.26. The zero-order chi connectivity index (χ0) is 16.9. The van der Waals surface area contributed by atoms with E-state index in [9.17, 15) is 4.39 Å².